The summed E-state index contributed by atoms with van der Waals surface area (Å²) >= 11 is 0. The Morgan fingerprint density at radius 1 is 0.895 bits per heavy atom. The zero-order chi connectivity index (χ0) is 27.5. The topological polar surface area (TPSA) is 120 Å². The molecular formula is C30H37N3O5. The van der Waals surface area contributed by atoms with Crippen molar-refractivity contribution in [1.29, 1.82) is 0 Å². The van der Waals surface area contributed by atoms with Gasteiger partial charge < -0.3 is 25.8 Å². The van der Waals surface area contributed by atoms with E-state index in [1.807, 2.05) is 60.7 Å². The molecule has 38 heavy (non-hydrogen) atoms. The molecular weight excluding hydrogens is 482 g/mol. The Bertz CT molecular complexity index is 1240. The number of benzene rings is 3. The smallest absolute Gasteiger partial charge is 0.408 e. The molecule has 3 aromatic rings. The first kappa shape index (κ1) is 28.5. The van der Waals surface area contributed by atoms with E-state index in [-0.39, 0.29) is 24.9 Å². The Morgan fingerprint density at radius 2 is 1.61 bits per heavy atom. The molecule has 202 valence electrons. The number of carbonyl (C=O) groups excluding carboxylic acids is 3. The molecule has 0 saturated heterocycles. The lowest BCUT2D eigenvalue weighted by atomic mass is 10.0. The fourth-order valence-corrected chi connectivity index (χ4v) is 3.95. The number of nitrogens with one attached hydrogen (secondary N) is 2. The second-order valence-electron chi connectivity index (χ2n) is 10.2. The summed E-state index contributed by atoms with van der Waals surface area (Å²) in [6, 6.07) is 20.0. The number of hydrogen-bond acceptors (Lipinski definition) is 6. The molecule has 3 aromatic carbocycles. The number of carbonyl (C=O) groups is 3. The van der Waals surface area contributed by atoms with Crippen LogP contribution in [0.4, 0.5) is 16.2 Å². The Balaban J connectivity index is 1.54. The predicted molar refractivity (Wildman–Crippen MR) is 149 cm³/mol. The monoisotopic (exact) mass is 519 g/mol. The summed E-state index contributed by atoms with van der Waals surface area (Å²) in [5, 5.41) is 7.34. The summed E-state index contributed by atoms with van der Waals surface area (Å²) in [6.07, 6.45) is 1.92. The third-order valence-electron chi connectivity index (χ3n) is 5.85. The first-order chi connectivity index (χ1) is 18.1. The van der Waals surface area contributed by atoms with Crippen molar-refractivity contribution in [2.45, 2.75) is 71.1 Å². The van der Waals surface area contributed by atoms with Gasteiger partial charge in [0.2, 0.25) is 5.91 Å². The number of fused-ring (bicyclic) bond motifs is 1. The van der Waals surface area contributed by atoms with E-state index in [4.69, 9.17) is 15.2 Å². The van der Waals surface area contributed by atoms with E-state index < -0.39 is 17.7 Å². The molecule has 4 N–H and O–H groups in total. The van der Waals surface area contributed by atoms with Gasteiger partial charge in [0.05, 0.1) is 11.4 Å². The molecule has 0 radical (unpaired) electrons. The number of hydrogen-bond donors (Lipinski definition) is 3. The molecule has 0 aromatic heterocycles. The molecule has 0 spiro atoms. The molecule has 0 aliphatic rings. The van der Waals surface area contributed by atoms with Gasteiger partial charge in [-0.2, -0.15) is 0 Å². The van der Waals surface area contributed by atoms with Gasteiger partial charge in [0.1, 0.15) is 18.2 Å². The van der Waals surface area contributed by atoms with Crippen LogP contribution in [0.15, 0.2) is 66.7 Å². The largest absolute Gasteiger partial charge is 0.461 e. The Hall–Kier alpha value is -4.07. The van der Waals surface area contributed by atoms with Gasteiger partial charge >= 0.3 is 12.1 Å². The summed E-state index contributed by atoms with van der Waals surface area (Å²) in [4.78, 5) is 37.7. The number of amides is 2. The lowest BCUT2D eigenvalue weighted by molar-refractivity contribution is -0.145. The van der Waals surface area contributed by atoms with Crippen molar-refractivity contribution in [1.82, 2.24) is 5.32 Å². The summed E-state index contributed by atoms with van der Waals surface area (Å²) < 4.78 is 10.7. The summed E-state index contributed by atoms with van der Waals surface area (Å²) in [5.41, 5.74) is 7.49. The number of alkyl carbamates (subject to hydrolysis) is 1. The first-order valence-electron chi connectivity index (χ1n) is 12.9. The van der Waals surface area contributed by atoms with Crippen molar-refractivity contribution in [3.8, 4) is 0 Å². The number of ether oxygens (including phenoxy) is 2. The minimum absolute atomic E-state index is 0.250. The molecule has 0 bridgehead atoms. The molecule has 0 aliphatic carbocycles. The zero-order valence-electron chi connectivity index (χ0n) is 22.3. The molecule has 0 heterocycles. The van der Waals surface area contributed by atoms with Gasteiger partial charge in [-0.25, -0.2) is 4.79 Å². The van der Waals surface area contributed by atoms with Crippen LogP contribution >= 0.6 is 0 Å². The van der Waals surface area contributed by atoms with Gasteiger partial charge in [-0.1, -0.05) is 73.5 Å². The highest BCUT2D eigenvalue weighted by molar-refractivity contribution is 6.05. The first-order valence-corrected chi connectivity index (χ1v) is 12.9. The minimum atomic E-state index is -0.833. The molecule has 2 amide bonds. The highest BCUT2D eigenvalue weighted by Crippen LogP contribution is 2.28. The molecule has 0 aliphatic heterocycles. The number of nitrogen functional groups attached to an aromatic ring is 1. The maximum atomic E-state index is 13.2. The van der Waals surface area contributed by atoms with E-state index in [2.05, 4.69) is 10.6 Å². The van der Waals surface area contributed by atoms with Crippen molar-refractivity contribution in [3.05, 3.63) is 72.3 Å². The molecule has 0 fully saturated rings. The van der Waals surface area contributed by atoms with Crippen LogP contribution in [0.2, 0.25) is 0 Å². The van der Waals surface area contributed by atoms with Gasteiger partial charge in [0.25, 0.3) is 0 Å². The van der Waals surface area contributed by atoms with Crippen LogP contribution in [0.5, 0.6) is 0 Å². The molecule has 1 unspecified atom stereocenters. The number of anilines is 2. The van der Waals surface area contributed by atoms with Crippen LogP contribution in [0.1, 0.15) is 58.4 Å². The fourth-order valence-electron chi connectivity index (χ4n) is 3.95. The molecule has 8 heteroatoms. The molecule has 3 rings (SSSR count). The molecule has 8 nitrogen and oxygen atoms in total. The van der Waals surface area contributed by atoms with E-state index in [0.717, 1.165) is 16.3 Å². The average Bonchev–Trinajstić information content (AvgIpc) is 2.88. The maximum absolute atomic E-state index is 13.2. The second kappa shape index (κ2) is 13.5. The van der Waals surface area contributed by atoms with E-state index in [1.54, 1.807) is 26.8 Å². The average molecular weight is 520 g/mol. The predicted octanol–water partition coefficient (Wildman–Crippen LogP) is 5.95. The van der Waals surface area contributed by atoms with Gasteiger partial charge in [-0.3, -0.25) is 9.59 Å². The highest BCUT2D eigenvalue weighted by atomic mass is 16.6. The lowest BCUT2D eigenvalue weighted by Crippen LogP contribution is -2.45. The van der Waals surface area contributed by atoms with E-state index in [9.17, 15) is 14.4 Å². The number of rotatable bonds is 11. The van der Waals surface area contributed by atoms with Gasteiger partial charge in [0.15, 0.2) is 0 Å². The van der Waals surface area contributed by atoms with Crippen molar-refractivity contribution in [3.63, 3.8) is 0 Å². The van der Waals surface area contributed by atoms with E-state index >= 15 is 0 Å². The van der Waals surface area contributed by atoms with Gasteiger partial charge in [-0.15, -0.1) is 0 Å². The third kappa shape index (κ3) is 9.10. The van der Waals surface area contributed by atoms with Crippen LogP contribution in [0.25, 0.3) is 10.8 Å². The van der Waals surface area contributed by atoms with Crippen LogP contribution < -0.4 is 16.4 Å². The van der Waals surface area contributed by atoms with Crippen LogP contribution in [0, 0.1) is 0 Å². The maximum Gasteiger partial charge on any atom is 0.408 e. The second-order valence-corrected chi connectivity index (χ2v) is 10.2. The Labute approximate surface area is 223 Å². The fraction of sp³-hybridized carbons (Fsp3) is 0.367. The minimum Gasteiger partial charge on any atom is -0.461 e. The van der Waals surface area contributed by atoms with E-state index in [0.29, 0.717) is 37.1 Å². The number of nitrogens with two attached hydrogens (primary N) is 1. The lowest BCUT2D eigenvalue weighted by Gasteiger charge is -2.23. The van der Waals surface area contributed by atoms with Crippen LogP contribution in [-0.4, -0.2) is 29.6 Å². The number of unbranched alkanes of at least 4 members (excludes halogenated alkanes) is 2. The Morgan fingerprint density at radius 3 is 2.34 bits per heavy atom. The quantitative estimate of drug-likeness (QED) is 0.164. The Kier molecular flexibility index (Phi) is 10.1. The number of esters is 1. The summed E-state index contributed by atoms with van der Waals surface area (Å²) in [5.74, 6) is -0.651. The zero-order valence-corrected chi connectivity index (χ0v) is 22.3. The van der Waals surface area contributed by atoms with Crippen molar-refractivity contribution in [2.75, 3.05) is 11.1 Å². The van der Waals surface area contributed by atoms with Gasteiger partial charge in [-0.05, 0) is 50.6 Å². The van der Waals surface area contributed by atoms with Crippen molar-refractivity contribution in [2.24, 2.45) is 0 Å². The van der Waals surface area contributed by atoms with Gasteiger partial charge in [0, 0.05) is 11.8 Å². The third-order valence-corrected chi connectivity index (χ3v) is 5.85. The summed E-state index contributed by atoms with van der Waals surface area (Å²) in [6.45, 7) is 5.52. The standard InChI is InChI=1S/C30H37N3O5/c1-30(2,3)38-29(36)33-25(16-8-5-9-17-26(34)37-20-21-12-6-4-7-13-21)28(35)32-24-19-18-22-14-10-11-15-23(22)27(24)31/h4,6-7,10-15,18-19,25H,5,8-9,16-17,20,31H2,1-3H3,(H,32,35)(H,33,36). The molecule has 0 saturated carbocycles. The summed E-state index contributed by atoms with van der Waals surface area (Å²) in [7, 11) is 0. The van der Waals surface area contributed by atoms with Crippen molar-refractivity contribution < 1.29 is 23.9 Å². The van der Waals surface area contributed by atoms with E-state index in [1.165, 1.54) is 0 Å². The SMILES string of the molecule is CC(C)(C)OC(=O)NC(CCCCCC(=O)OCc1ccccc1)C(=O)Nc1ccc2ccccc2c1N. The van der Waals surface area contributed by atoms with Crippen LogP contribution in [0.3, 0.4) is 0 Å². The molecule has 1 atom stereocenters. The highest BCUT2D eigenvalue weighted by Gasteiger charge is 2.25. The van der Waals surface area contributed by atoms with Crippen LogP contribution in [-0.2, 0) is 25.7 Å². The normalized spacial score (nSPS) is 12.0. The van der Waals surface area contributed by atoms with Crippen molar-refractivity contribution >= 4 is 40.1 Å².